The summed E-state index contributed by atoms with van der Waals surface area (Å²) < 4.78 is 0.876. The summed E-state index contributed by atoms with van der Waals surface area (Å²) in [5.41, 5.74) is 12.9. The van der Waals surface area contributed by atoms with Crippen LogP contribution >= 0.6 is 11.3 Å². The molecule has 0 aliphatic carbocycles. The molecule has 5 N–H and O–H groups in total. The number of carbonyl (C=O) groups excluding carboxylic acids is 1. The third kappa shape index (κ3) is 1.59. The minimum Gasteiger partial charge on any atom is -0.398 e. The molecule has 5 heteroatoms. The van der Waals surface area contributed by atoms with E-state index < -0.39 is 0 Å². The molecule has 0 atom stereocenters. The maximum Gasteiger partial charge on any atom is 0.254 e. The highest BCUT2D eigenvalue weighted by Crippen LogP contribution is 2.36. The van der Waals surface area contributed by atoms with Gasteiger partial charge in [-0.1, -0.05) is 12.1 Å². The molecule has 0 unspecified atom stereocenters. The molecule has 0 aliphatic rings. The van der Waals surface area contributed by atoms with E-state index >= 15 is 0 Å². The standard InChI is InChI=1S/C11H13N3OS/c1-2-14-11(15)8-6-4-3-5-7(12)9(6)16-10(8)13/h3-5H,2,12-13H2,1H3,(H,14,15). The van der Waals surface area contributed by atoms with E-state index in [4.69, 9.17) is 11.5 Å². The van der Waals surface area contributed by atoms with E-state index in [2.05, 4.69) is 5.32 Å². The fourth-order valence-corrected chi connectivity index (χ4v) is 2.63. The summed E-state index contributed by atoms with van der Waals surface area (Å²) in [5, 5.41) is 4.09. The van der Waals surface area contributed by atoms with Crippen molar-refractivity contribution >= 4 is 38.0 Å². The topological polar surface area (TPSA) is 81.1 Å². The van der Waals surface area contributed by atoms with E-state index in [9.17, 15) is 4.79 Å². The first-order chi connectivity index (χ1) is 7.65. The largest absolute Gasteiger partial charge is 0.398 e. The summed E-state index contributed by atoms with van der Waals surface area (Å²) >= 11 is 1.35. The van der Waals surface area contributed by atoms with Crippen LogP contribution in [0.3, 0.4) is 0 Å². The number of amides is 1. The molecule has 0 saturated heterocycles. The van der Waals surface area contributed by atoms with Crippen LogP contribution in [-0.4, -0.2) is 12.5 Å². The van der Waals surface area contributed by atoms with Gasteiger partial charge >= 0.3 is 0 Å². The fraction of sp³-hybridized carbons (Fsp3) is 0.182. The molecule has 2 aromatic rings. The molecule has 0 spiro atoms. The molecular formula is C11H13N3OS. The molecule has 1 aromatic carbocycles. The van der Waals surface area contributed by atoms with Gasteiger partial charge in [-0.15, -0.1) is 11.3 Å². The number of benzene rings is 1. The van der Waals surface area contributed by atoms with Crippen LogP contribution in [0, 0.1) is 0 Å². The molecule has 16 heavy (non-hydrogen) atoms. The van der Waals surface area contributed by atoms with E-state index in [1.54, 1.807) is 6.07 Å². The lowest BCUT2D eigenvalue weighted by Gasteiger charge is -2.02. The van der Waals surface area contributed by atoms with E-state index in [1.165, 1.54) is 11.3 Å². The maximum absolute atomic E-state index is 11.8. The number of fused-ring (bicyclic) bond motifs is 1. The van der Waals surface area contributed by atoms with Gasteiger partial charge in [-0.25, -0.2) is 0 Å². The third-order valence-corrected chi connectivity index (χ3v) is 3.42. The van der Waals surface area contributed by atoms with Crippen molar-refractivity contribution in [2.45, 2.75) is 6.92 Å². The van der Waals surface area contributed by atoms with Crippen LogP contribution in [0.4, 0.5) is 10.7 Å². The van der Waals surface area contributed by atoms with Crippen LogP contribution in [0.5, 0.6) is 0 Å². The Morgan fingerprint density at radius 3 is 2.88 bits per heavy atom. The quantitative estimate of drug-likeness (QED) is 0.694. The van der Waals surface area contributed by atoms with Gasteiger partial charge in [0.05, 0.1) is 15.3 Å². The average molecular weight is 235 g/mol. The lowest BCUT2D eigenvalue weighted by molar-refractivity contribution is 0.0958. The molecule has 1 aromatic heterocycles. The highest BCUT2D eigenvalue weighted by Gasteiger charge is 2.17. The van der Waals surface area contributed by atoms with Crippen LogP contribution in [0.15, 0.2) is 18.2 Å². The van der Waals surface area contributed by atoms with Gasteiger partial charge in [0.1, 0.15) is 0 Å². The molecule has 0 fully saturated rings. The van der Waals surface area contributed by atoms with Gasteiger partial charge < -0.3 is 16.8 Å². The van der Waals surface area contributed by atoms with E-state index in [0.29, 0.717) is 22.8 Å². The number of thiophene rings is 1. The van der Waals surface area contributed by atoms with Crippen molar-refractivity contribution in [3.8, 4) is 0 Å². The van der Waals surface area contributed by atoms with E-state index in [-0.39, 0.29) is 5.91 Å². The van der Waals surface area contributed by atoms with Crippen molar-refractivity contribution in [1.82, 2.24) is 5.32 Å². The molecule has 2 rings (SSSR count). The fourth-order valence-electron chi connectivity index (χ4n) is 1.64. The predicted octanol–water partition coefficient (Wildman–Crippen LogP) is 1.82. The number of anilines is 2. The molecule has 4 nitrogen and oxygen atoms in total. The lowest BCUT2D eigenvalue weighted by Crippen LogP contribution is -2.23. The molecule has 0 radical (unpaired) electrons. The number of rotatable bonds is 2. The van der Waals surface area contributed by atoms with Gasteiger partial charge in [0.15, 0.2) is 0 Å². The Morgan fingerprint density at radius 1 is 1.44 bits per heavy atom. The van der Waals surface area contributed by atoms with Gasteiger partial charge in [0, 0.05) is 17.6 Å². The SMILES string of the molecule is CCNC(=O)c1c(N)sc2c(N)cccc12. The summed E-state index contributed by atoms with van der Waals surface area (Å²) in [6.07, 6.45) is 0. The first-order valence-electron chi connectivity index (χ1n) is 4.99. The number of nitrogens with two attached hydrogens (primary N) is 2. The summed E-state index contributed by atoms with van der Waals surface area (Å²) in [6.45, 7) is 2.45. The zero-order chi connectivity index (χ0) is 11.7. The van der Waals surface area contributed by atoms with Crippen molar-refractivity contribution in [2.75, 3.05) is 18.0 Å². The summed E-state index contributed by atoms with van der Waals surface area (Å²) in [4.78, 5) is 11.8. The van der Waals surface area contributed by atoms with Crippen LogP contribution < -0.4 is 16.8 Å². The first kappa shape index (κ1) is 10.8. The Labute approximate surface area is 97.2 Å². The number of nitrogens with one attached hydrogen (secondary N) is 1. The Hall–Kier alpha value is -1.75. The monoisotopic (exact) mass is 235 g/mol. The number of carbonyl (C=O) groups is 1. The summed E-state index contributed by atoms with van der Waals surface area (Å²) in [6, 6.07) is 5.50. The number of hydrogen-bond acceptors (Lipinski definition) is 4. The normalized spacial score (nSPS) is 10.6. The van der Waals surface area contributed by atoms with Crippen LogP contribution in [0.1, 0.15) is 17.3 Å². The summed E-state index contributed by atoms with van der Waals surface area (Å²) in [5.74, 6) is -0.142. The number of nitrogen functional groups attached to an aromatic ring is 2. The number of hydrogen-bond donors (Lipinski definition) is 3. The van der Waals surface area contributed by atoms with Crippen LogP contribution in [0.2, 0.25) is 0 Å². The smallest absolute Gasteiger partial charge is 0.254 e. The van der Waals surface area contributed by atoms with E-state index in [1.807, 2.05) is 19.1 Å². The molecule has 0 saturated carbocycles. The summed E-state index contributed by atoms with van der Waals surface area (Å²) in [7, 11) is 0. The Bertz CT molecular complexity index is 547. The van der Waals surface area contributed by atoms with E-state index in [0.717, 1.165) is 10.1 Å². The maximum atomic E-state index is 11.8. The molecule has 0 bridgehead atoms. The predicted molar refractivity (Wildman–Crippen MR) is 68.7 cm³/mol. The van der Waals surface area contributed by atoms with Gasteiger partial charge in [-0.05, 0) is 13.0 Å². The lowest BCUT2D eigenvalue weighted by atomic mass is 10.1. The average Bonchev–Trinajstić information content (AvgIpc) is 2.56. The minimum atomic E-state index is -0.142. The highest BCUT2D eigenvalue weighted by molar-refractivity contribution is 7.23. The highest BCUT2D eigenvalue weighted by atomic mass is 32.1. The molecule has 1 heterocycles. The van der Waals surface area contributed by atoms with Gasteiger partial charge in [0.2, 0.25) is 0 Å². The molecular weight excluding hydrogens is 222 g/mol. The second kappa shape index (κ2) is 4.02. The third-order valence-electron chi connectivity index (χ3n) is 2.34. The van der Waals surface area contributed by atoms with Crippen LogP contribution in [-0.2, 0) is 0 Å². The first-order valence-corrected chi connectivity index (χ1v) is 5.81. The minimum absolute atomic E-state index is 0.142. The second-order valence-corrected chi connectivity index (χ2v) is 4.48. The van der Waals surface area contributed by atoms with Crippen LogP contribution in [0.25, 0.3) is 10.1 Å². The zero-order valence-electron chi connectivity index (χ0n) is 8.91. The Kier molecular flexibility index (Phi) is 2.70. The van der Waals surface area contributed by atoms with Gasteiger partial charge in [0.25, 0.3) is 5.91 Å². The molecule has 84 valence electrons. The van der Waals surface area contributed by atoms with Crippen molar-refractivity contribution in [1.29, 1.82) is 0 Å². The Balaban J connectivity index is 2.65. The van der Waals surface area contributed by atoms with Gasteiger partial charge in [-0.3, -0.25) is 4.79 Å². The van der Waals surface area contributed by atoms with Gasteiger partial charge in [-0.2, -0.15) is 0 Å². The second-order valence-electron chi connectivity index (χ2n) is 3.42. The van der Waals surface area contributed by atoms with Crippen molar-refractivity contribution in [3.63, 3.8) is 0 Å². The zero-order valence-corrected chi connectivity index (χ0v) is 9.73. The van der Waals surface area contributed by atoms with Crippen molar-refractivity contribution in [3.05, 3.63) is 23.8 Å². The molecule has 1 amide bonds. The molecule has 0 aliphatic heterocycles. The van der Waals surface area contributed by atoms with Crippen molar-refractivity contribution in [2.24, 2.45) is 0 Å². The van der Waals surface area contributed by atoms with Crippen molar-refractivity contribution < 1.29 is 4.79 Å². The Morgan fingerprint density at radius 2 is 2.19 bits per heavy atom.